The van der Waals surface area contributed by atoms with E-state index in [0.717, 1.165) is 0 Å². The van der Waals surface area contributed by atoms with Gasteiger partial charge in [-0.05, 0) is 12.1 Å². The number of methoxy groups -OCH3 is 1. The molecule has 0 aliphatic carbocycles. The van der Waals surface area contributed by atoms with Crippen molar-refractivity contribution in [2.45, 2.75) is 26.3 Å². The van der Waals surface area contributed by atoms with Crippen LogP contribution < -0.4 is 10.3 Å². The molecule has 19 heavy (non-hydrogen) atoms. The van der Waals surface area contributed by atoms with Crippen LogP contribution in [0.15, 0.2) is 23.0 Å². The lowest BCUT2D eigenvalue weighted by atomic mass is 10.1. The molecule has 1 aromatic heterocycles. The van der Waals surface area contributed by atoms with Gasteiger partial charge < -0.3 is 9.53 Å². The van der Waals surface area contributed by atoms with Gasteiger partial charge in [-0.25, -0.2) is 4.98 Å². The second-order valence-corrected chi connectivity index (χ2v) is 4.59. The average Bonchev–Trinajstić information content (AvgIpc) is 2.40. The maximum atomic E-state index is 12.3. The van der Waals surface area contributed by atoms with Crippen LogP contribution in [0.25, 0.3) is 11.0 Å². The maximum absolute atomic E-state index is 12.3. The Labute approximate surface area is 110 Å². The summed E-state index contributed by atoms with van der Waals surface area (Å²) in [7, 11) is 1.55. The van der Waals surface area contributed by atoms with Gasteiger partial charge in [0.25, 0.3) is 5.56 Å². The van der Waals surface area contributed by atoms with Crippen molar-refractivity contribution in [1.82, 2.24) is 9.55 Å². The van der Waals surface area contributed by atoms with Crippen molar-refractivity contribution in [3.05, 3.63) is 34.2 Å². The summed E-state index contributed by atoms with van der Waals surface area (Å²) in [6.07, 6.45) is 0.713. The van der Waals surface area contributed by atoms with Gasteiger partial charge >= 0.3 is 0 Å². The summed E-state index contributed by atoms with van der Waals surface area (Å²) in [6.45, 7) is 3.83. The minimum absolute atomic E-state index is 0.0110. The molecule has 100 valence electrons. The molecular weight excluding hydrogens is 244 g/mol. The van der Waals surface area contributed by atoms with Crippen molar-refractivity contribution in [2.24, 2.45) is 0 Å². The third kappa shape index (κ3) is 2.36. The number of carbonyl (C=O) groups excluding carboxylic acids is 1. The quantitative estimate of drug-likeness (QED) is 0.785. The first-order valence-corrected chi connectivity index (χ1v) is 6.10. The Bertz CT molecular complexity index is 674. The Morgan fingerprint density at radius 2 is 2.16 bits per heavy atom. The van der Waals surface area contributed by atoms with Crippen LogP contribution in [0.2, 0.25) is 0 Å². The number of aldehydes is 1. The molecule has 0 N–H and O–H groups in total. The largest absolute Gasteiger partial charge is 0.497 e. The highest BCUT2D eigenvalue weighted by Gasteiger charge is 2.13. The smallest absolute Gasteiger partial charge is 0.273 e. The predicted molar refractivity (Wildman–Crippen MR) is 72.7 cm³/mol. The van der Waals surface area contributed by atoms with E-state index in [4.69, 9.17) is 4.74 Å². The number of hydrogen-bond donors (Lipinski definition) is 0. The number of ether oxygens (including phenoxy) is 1. The van der Waals surface area contributed by atoms with E-state index in [-0.39, 0.29) is 18.0 Å². The van der Waals surface area contributed by atoms with Crippen LogP contribution >= 0.6 is 0 Å². The Hall–Kier alpha value is -2.17. The van der Waals surface area contributed by atoms with Gasteiger partial charge in [-0.3, -0.25) is 9.36 Å². The molecule has 2 rings (SSSR count). The van der Waals surface area contributed by atoms with Crippen LogP contribution in [0.1, 0.15) is 25.5 Å². The lowest BCUT2D eigenvalue weighted by molar-refractivity contribution is -0.108. The van der Waals surface area contributed by atoms with E-state index >= 15 is 0 Å². The van der Waals surface area contributed by atoms with Gasteiger partial charge in [0, 0.05) is 12.0 Å². The highest BCUT2D eigenvalue weighted by atomic mass is 16.5. The molecule has 0 radical (unpaired) electrons. The first-order chi connectivity index (χ1) is 9.08. The van der Waals surface area contributed by atoms with Crippen molar-refractivity contribution < 1.29 is 9.53 Å². The maximum Gasteiger partial charge on any atom is 0.273 e. The number of rotatable bonds is 4. The Morgan fingerprint density at radius 3 is 2.74 bits per heavy atom. The molecule has 0 atom stereocenters. The van der Waals surface area contributed by atoms with E-state index < -0.39 is 0 Å². The summed E-state index contributed by atoms with van der Waals surface area (Å²) in [4.78, 5) is 27.5. The SMILES string of the molecule is COc1ccc2nc(C(C)C)c(=O)n(CC=O)c2c1. The van der Waals surface area contributed by atoms with Crippen LogP contribution in [0.4, 0.5) is 0 Å². The van der Waals surface area contributed by atoms with Gasteiger partial charge in [0.1, 0.15) is 17.7 Å². The molecule has 2 aromatic rings. The molecule has 0 aliphatic rings. The predicted octanol–water partition coefficient (Wildman–Crippen LogP) is 1.73. The summed E-state index contributed by atoms with van der Waals surface area (Å²) in [5.74, 6) is 0.641. The zero-order chi connectivity index (χ0) is 14.0. The molecular formula is C14H16N2O3. The molecule has 0 amide bonds. The monoisotopic (exact) mass is 260 g/mol. The van der Waals surface area contributed by atoms with Crippen LogP contribution in [0, 0.1) is 0 Å². The molecule has 5 nitrogen and oxygen atoms in total. The van der Waals surface area contributed by atoms with Gasteiger partial charge in [-0.2, -0.15) is 0 Å². The summed E-state index contributed by atoms with van der Waals surface area (Å²) < 4.78 is 6.58. The van der Waals surface area contributed by atoms with E-state index in [9.17, 15) is 9.59 Å². The lowest BCUT2D eigenvalue weighted by Crippen LogP contribution is -2.27. The molecule has 0 unspecified atom stereocenters. The van der Waals surface area contributed by atoms with Crippen LogP contribution in [0.3, 0.4) is 0 Å². The number of carbonyl (C=O) groups is 1. The Morgan fingerprint density at radius 1 is 1.42 bits per heavy atom. The minimum atomic E-state index is -0.220. The first-order valence-electron chi connectivity index (χ1n) is 6.10. The lowest BCUT2D eigenvalue weighted by Gasteiger charge is -2.12. The van der Waals surface area contributed by atoms with Crippen LogP contribution in [-0.4, -0.2) is 22.9 Å². The highest BCUT2D eigenvalue weighted by Crippen LogP contribution is 2.20. The topological polar surface area (TPSA) is 61.2 Å². The second-order valence-electron chi connectivity index (χ2n) is 4.59. The number of hydrogen-bond acceptors (Lipinski definition) is 4. The molecule has 1 heterocycles. The zero-order valence-electron chi connectivity index (χ0n) is 11.2. The van der Waals surface area contributed by atoms with E-state index in [2.05, 4.69) is 4.98 Å². The number of fused-ring (bicyclic) bond motifs is 1. The fourth-order valence-corrected chi connectivity index (χ4v) is 2.00. The van der Waals surface area contributed by atoms with E-state index in [1.54, 1.807) is 25.3 Å². The first kappa shape index (κ1) is 13.3. The van der Waals surface area contributed by atoms with Crippen molar-refractivity contribution in [2.75, 3.05) is 7.11 Å². The fraction of sp³-hybridized carbons (Fsp3) is 0.357. The summed E-state index contributed by atoms with van der Waals surface area (Å²) in [6, 6.07) is 5.30. The summed E-state index contributed by atoms with van der Waals surface area (Å²) in [5, 5.41) is 0. The number of aromatic nitrogens is 2. The van der Waals surface area contributed by atoms with Gasteiger partial charge in [-0.1, -0.05) is 13.8 Å². The Balaban J connectivity index is 2.83. The van der Waals surface area contributed by atoms with Crippen molar-refractivity contribution in [3.8, 4) is 5.75 Å². The third-order valence-electron chi connectivity index (χ3n) is 2.98. The number of benzene rings is 1. The standard InChI is InChI=1S/C14H16N2O3/c1-9(2)13-14(18)16(6-7-17)12-8-10(19-3)4-5-11(12)15-13/h4-5,7-9H,6H2,1-3H3. The highest BCUT2D eigenvalue weighted by molar-refractivity contribution is 5.77. The van der Waals surface area contributed by atoms with E-state index in [1.165, 1.54) is 4.57 Å². The fourth-order valence-electron chi connectivity index (χ4n) is 2.00. The normalized spacial score (nSPS) is 10.9. The van der Waals surface area contributed by atoms with Gasteiger partial charge in [0.15, 0.2) is 0 Å². The van der Waals surface area contributed by atoms with Gasteiger partial charge in [-0.15, -0.1) is 0 Å². The van der Waals surface area contributed by atoms with Crippen molar-refractivity contribution >= 4 is 17.3 Å². The van der Waals surface area contributed by atoms with E-state index in [0.29, 0.717) is 28.8 Å². The number of nitrogens with zero attached hydrogens (tertiary/aromatic N) is 2. The van der Waals surface area contributed by atoms with Gasteiger partial charge in [0.2, 0.25) is 0 Å². The second kappa shape index (κ2) is 5.22. The average molecular weight is 260 g/mol. The van der Waals surface area contributed by atoms with Crippen molar-refractivity contribution in [3.63, 3.8) is 0 Å². The molecule has 0 saturated heterocycles. The molecule has 0 bridgehead atoms. The van der Waals surface area contributed by atoms with Gasteiger partial charge in [0.05, 0.1) is 24.7 Å². The zero-order valence-corrected chi connectivity index (χ0v) is 11.2. The molecule has 0 aliphatic heterocycles. The summed E-state index contributed by atoms with van der Waals surface area (Å²) >= 11 is 0. The molecule has 1 aromatic carbocycles. The molecule has 5 heteroatoms. The molecule has 0 saturated carbocycles. The summed E-state index contributed by atoms with van der Waals surface area (Å²) in [5.41, 5.74) is 1.55. The van der Waals surface area contributed by atoms with Crippen LogP contribution in [0.5, 0.6) is 5.75 Å². The van der Waals surface area contributed by atoms with Crippen molar-refractivity contribution in [1.29, 1.82) is 0 Å². The third-order valence-corrected chi connectivity index (χ3v) is 2.98. The Kier molecular flexibility index (Phi) is 3.64. The molecule has 0 fully saturated rings. The minimum Gasteiger partial charge on any atom is -0.497 e. The molecule has 0 spiro atoms. The van der Waals surface area contributed by atoms with Crippen LogP contribution in [-0.2, 0) is 11.3 Å². The van der Waals surface area contributed by atoms with E-state index in [1.807, 2.05) is 13.8 Å².